The number of hydrogen-bond donors (Lipinski definition) is 1. The lowest BCUT2D eigenvalue weighted by atomic mass is 10.0. The molecule has 9 heteroatoms. The van der Waals surface area contributed by atoms with Gasteiger partial charge in [-0.05, 0) is 31.3 Å². The molecule has 0 spiro atoms. The van der Waals surface area contributed by atoms with Crippen LogP contribution in [0.1, 0.15) is 0 Å². The van der Waals surface area contributed by atoms with Crippen molar-refractivity contribution in [2.75, 3.05) is 71.5 Å². The molecule has 180 valence electrons. The van der Waals surface area contributed by atoms with Crippen molar-refractivity contribution in [3.63, 3.8) is 0 Å². The van der Waals surface area contributed by atoms with Gasteiger partial charge in [0.25, 0.3) is 0 Å². The first kappa shape index (κ1) is 22.5. The van der Waals surface area contributed by atoms with Crippen molar-refractivity contribution in [2.24, 2.45) is 0 Å². The summed E-state index contributed by atoms with van der Waals surface area (Å²) in [7, 11) is 3.72. The number of fused-ring (bicyclic) bond motifs is 1. The minimum atomic E-state index is -0.285. The van der Waals surface area contributed by atoms with Gasteiger partial charge < -0.3 is 24.6 Å². The van der Waals surface area contributed by atoms with Crippen molar-refractivity contribution >= 4 is 22.8 Å². The van der Waals surface area contributed by atoms with E-state index < -0.39 is 0 Å². The molecule has 1 amide bonds. The molecule has 1 aromatic heterocycles. The van der Waals surface area contributed by atoms with Gasteiger partial charge in [-0.2, -0.15) is 4.98 Å². The molecule has 2 saturated heterocycles. The zero-order valence-corrected chi connectivity index (χ0v) is 19.8. The SMILES string of the molecule is COc1nc2c(N3CC(N4CCN(C)CC4)C3)cccc2n1C(=O)NCCOc1ccccc1. The van der Waals surface area contributed by atoms with Crippen molar-refractivity contribution < 1.29 is 14.3 Å². The van der Waals surface area contributed by atoms with Gasteiger partial charge in [0.05, 0.1) is 24.9 Å². The monoisotopic (exact) mass is 464 g/mol. The summed E-state index contributed by atoms with van der Waals surface area (Å²) >= 11 is 0. The lowest BCUT2D eigenvalue weighted by Gasteiger charge is -2.48. The maximum Gasteiger partial charge on any atom is 0.330 e. The highest BCUT2D eigenvalue weighted by Crippen LogP contribution is 2.33. The van der Waals surface area contributed by atoms with Crippen LogP contribution in [-0.4, -0.2) is 98.0 Å². The molecule has 9 nitrogen and oxygen atoms in total. The normalized spacial score (nSPS) is 17.5. The number of aromatic nitrogens is 2. The van der Waals surface area contributed by atoms with Crippen molar-refractivity contribution in [3.05, 3.63) is 48.5 Å². The molecule has 0 atom stereocenters. The zero-order chi connectivity index (χ0) is 23.5. The largest absolute Gasteiger partial charge is 0.492 e. The number of nitrogens with one attached hydrogen (secondary N) is 1. The first-order valence-corrected chi connectivity index (χ1v) is 11.8. The molecule has 2 aliphatic heterocycles. The molecule has 3 heterocycles. The number of rotatable bonds is 7. The molecule has 5 rings (SSSR count). The van der Waals surface area contributed by atoms with Gasteiger partial charge in [0.2, 0.25) is 0 Å². The average molecular weight is 465 g/mol. The van der Waals surface area contributed by atoms with Crippen LogP contribution in [0.3, 0.4) is 0 Å². The second-order valence-electron chi connectivity index (χ2n) is 8.87. The Morgan fingerprint density at radius 3 is 2.56 bits per heavy atom. The second-order valence-corrected chi connectivity index (χ2v) is 8.87. The number of carbonyl (C=O) groups is 1. The van der Waals surface area contributed by atoms with E-state index in [1.807, 2.05) is 42.5 Å². The lowest BCUT2D eigenvalue weighted by molar-refractivity contribution is 0.0964. The Morgan fingerprint density at radius 2 is 1.82 bits per heavy atom. The van der Waals surface area contributed by atoms with E-state index in [0.717, 1.165) is 61.7 Å². The third kappa shape index (κ3) is 4.53. The van der Waals surface area contributed by atoms with E-state index in [0.29, 0.717) is 19.2 Å². The van der Waals surface area contributed by atoms with E-state index in [4.69, 9.17) is 9.47 Å². The van der Waals surface area contributed by atoms with Crippen LogP contribution in [0.15, 0.2) is 48.5 Å². The highest BCUT2D eigenvalue weighted by Gasteiger charge is 2.34. The van der Waals surface area contributed by atoms with Crippen LogP contribution in [0.2, 0.25) is 0 Å². The Bertz CT molecular complexity index is 1120. The minimum absolute atomic E-state index is 0.278. The number of ether oxygens (including phenoxy) is 2. The summed E-state index contributed by atoms with van der Waals surface area (Å²) in [5.41, 5.74) is 2.56. The molecule has 0 aliphatic carbocycles. The van der Waals surface area contributed by atoms with Crippen LogP contribution in [0.25, 0.3) is 11.0 Å². The Kier molecular flexibility index (Phi) is 6.55. The maximum atomic E-state index is 13.0. The summed E-state index contributed by atoms with van der Waals surface area (Å²) in [6.07, 6.45) is 0. The van der Waals surface area contributed by atoms with E-state index in [9.17, 15) is 4.79 Å². The predicted octanol–water partition coefficient (Wildman–Crippen LogP) is 2.12. The predicted molar refractivity (Wildman–Crippen MR) is 132 cm³/mol. The summed E-state index contributed by atoms with van der Waals surface area (Å²) in [6.45, 7) is 7.18. The van der Waals surface area contributed by atoms with Crippen LogP contribution in [-0.2, 0) is 0 Å². The highest BCUT2D eigenvalue weighted by molar-refractivity contribution is 5.97. The number of piperazine rings is 1. The van der Waals surface area contributed by atoms with Crippen molar-refractivity contribution in [1.29, 1.82) is 0 Å². The number of anilines is 1. The average Bonchev–Trinajstić information content (AvgIpc) is 3.22. The van der Waals surface area contributed by atoms with Gasteiger partial charge in [-0.25, -0.2) is 9.36 Å². The molecule has 0 unspecified atom stereocenters. The molecular weight excluding hydrogens is 432 g/mol. The van der Waals surface area contributed by atoms with E-state index in [1.54, 1.807) is 0 Å². The number of nitrogens with zero attached hydrogens (tertiary/aromatic N) is 5. The Hall–Kier alpha value is -3.30. The molecule has 2 aliphatic rings. The number of amides is 1. The fourth-order valence-corrected chi connectivity index (χ4v) is 4.64. The van der Waals surface area contributed by atoms with Gasteiger partial charge in [0.15, 0.2) is 0 Å². The van der Waals surface area contributed by atoms with Gasteiger partial charge in [0, 0.05) is 45.3 Å². The van der Waals surface area contributed by atoms with Gasteiger partial charge in [-0.3, -0.25) is 4.90 Å². The molecule has 0 radical (unpaired) electrons. The topological polar surface area (TPSA) is 75.1 Å². The maximum absolute atomic E-state index is 13.0. The highest BCUT2D eigenvalue weighted by atomic mass is 16.5. The number of likely N-dealkylation sites (N-methyl/N-ethyl adjacent to an activating group) is 1. The fraction of sp³-hybridized carbons (Fsp3) is 0.440. The van der Waals surface area contributed by atoms with Crippen molar-refractivity contribution in [3.8, 4) is 11.8 Å². The molecular formula is C25H32N6O3. The van der Waals surface area contributed by atoms with Gasteiger partial charge in [0.1, 0.15) is 17.9 Å². The van der Waals surface area contributed by atoms with Crippen LogP contribution in [0, 0.1) is 0 Å². The first-order chi connectivity index (χ1) is 16.6. The number of imidazole rings is 1. The molecule has 0 saturated carbocycles. The number of para-hydroxylation sites is 2. The molecule has 34 heavy (non-hydrogen) atoms. The van der Waals surface area contributed by atoms with E-state index >= 15 is 0 Å². The van der Waals surface area contributed by atoms with Gasteiger partial charge in [-0.15, -0.1) is 0 Å². The van der Waals surface area contributed by atoms with Crippen LogP contribution in [0.5, 0.6) is 11.8 Å². The second kappa shape index (κ2) is 9.90. The van der Waals surface area contributed by atoms with Crippen molar-refractivity contribution in [2.45, 2.75) is 6.04 Å². The molecule has 1 N–H and O–H groups in total. The summed E-state index contributed by atoms with van der Waals surface area (Å²) in [4.78, 5) is 25.0. The fourth-order valence-electron chi connectivity index (χ4n) is 4.64. The zero-order valence-electron chi connectivity index (χ0n) is 19.8. The quantitative estimate of drug-likeness (QED) is 0.537. The summed E-state index contributed by atoms with van der Waals surface area (Å²) in [5.74, 6) is 0.775. The third-order valence-corrected chi connectivity index (χ3v) is 6.67. The Morgan fingerprint density at radius 1 is 1.06 bits per heavy atom. The van der Waals surface area contributed by atoms with Gasteiger partial charge in [-0.1, -0.05) is 24.3 Å². The van der Waals surface area contributed by atoms with E-state index in [-0.39, 0.29) is 12.0 Å². The molecule has 2 aromatic carbocycles. The molecule has 0 bridgehead atoms. The van der Waals surface area contributed by atoms with Gasteiger partial charge >= 0.3 is 12.0 Å². The molecule has 2 fully saturated rings. The Labute approximate surface area is 199 Å². The summed E-state index contributed by atoms with van der Waals surface area (Å²) < 4.78 is 12.6. The number of hydrogen-bond acceptors (Lipinski definition) is 7. The van der Waals surface area contributed by atoms with Crippen molar-refractivity contribution in [1.82, 2.24) is 24.7 Å². The Balaban J connectivity index is 1.25. The standard InChI is InChI=1S/C25H32N6O3/c1-28-12-14-29(15-13-28)19-17-30(18-19)21-9-6-10-22-23(21)27-25(33-2)31(22)24(32)26-11-16-34-20-7-4-3-5-8-20/h3-10,19H,11-18H2,1-2H3,(H,26,32). The molecule has 3 aromatic rings. The smallest absolute Gasteiger partial charge is 0.330 e. The van der Waals surface area contributed by atoms with E-state index in [2.05, 4.69) is 38.1 Å². The number of benzene rings is 2. The van der Waals surface area contributed by atoms with E-state index in [1.165, 1.54) is 11.7 Å². The number of methoxy groups -OCH3 is 1. The number of carbonyl (C=O) groups excluding carboxylic acids is 1. The summed E-state index contributed by atoms with van der Waals surface area (Å²) in [6, 6.07) is 16.1. The van der Waals surface area contributed by atoms with Crippen LogP contribution < -0.4 is 19.7 Å². The first-order valence-electron chi connectivity index (χ1n) is 11.8. The lowest BCUT2D eigenvalue weighted by Crippen LogP contribution is -2.63. The van der Waals surface area contributed by atoms with Crippen LogP contribution in [0.4, 0.5) is 10.5 Å². The van der Waals surface area contributed by atoms with Crippen LogP contribution >= 0.6 is 0 Å². The summed E-state index contributed by atoms with van der Waals surface area (Å²) in [5, 5.41) is 2.91. The third-order valence-electron chi connectivity index (χ3n) is 6.67. The minimum Gasteiger partial charge on any atom is -0.492 e.